The smallest absolute Gasteiger partial charge is 0.490 e. The van der Waals surface area contributed by atoms with Crippen LogP contribution in [0.1, 0.15) is 80.9 Å². The molecule has 3 N–H and O–H groups in total. The maximum absolute atomic E-state index is 15.5. The summed E-state index contributed by atoms with van der Waals surface area (Å²) in [4.78, 5) is 37.8. The number of benzene rings is 2. The Balaban J connectivity index is 0.000000804. The number of ether oxygens (including phenoxy) is 3. The summed E-state index contributed by atoms with van der Waals surface area (Å²) < 4.78 is 64.2. The van der Waals surface area contributed by atoms with E-state index >= 15 is 4.39 Å². The van der Waals surface area contributed by atoms with Crippen LogP contribution in [0.15, 0.2) is 18.2 Å². The number of nitrogens with one attached hydrogen (secondary N) is 1. The van der Waals surface area contributed by atoms with Crippen molar-refractivity contribution < 1.29 is 56.4 Å². The number of anilines is 1. The molecule has 2 aromatic rings. The minimum absolute atomic E-state index is 0.0241. The molecule has 0 spiro atoms. The van der Waals surface area contributed by atoms with E-state index in [9.17, 15) is 27.9 Å². The summed E-state index contributed by atoms with van der Waals surface area (Å²) >= 11 is 0. The molecule has 264 valence electrons. The predicted octanol–water partition coefficient (Wildman–Crippen LogP) is 6.03. The van der Waals surface area contributed by atoms with Crippen LogP contribution in [0.3, 0.4) is 0 Å². The third kappa shape index (κ3) is 9.07. The minimum atomic E-state index is -5.08. The Morgan fingerprint density at radius 1 is 0.917 bits per heavy atom. The summed E-state index contributed by atoms with van der Waals surface area (Å²) in [5, 5.41) is 25.2. The van der Waals surface area contributed by atoms with Gasteiger partial charge >= 0.3 is 18.1 Å². The SMILES string of the molecule is CCOc1cc2c(c(F)c1OCC)C(=N)N(CC(=O)c1cc(N3CCCCC3)c(OCC(=O)O)c(C(C)(C)C)c1)C2.O=C(O)C(F)(F)F. The van der Waals surface area contributed by atoms with Gasteiger partial charge in [0.2, 0.25) is 0 Å². The van der Waals surface area contributed by atoms with Crippen LogP contribution in [0, 0.1) is 11.2 Å². The fourth-order valence-corrected chi connectivity index (χ4v) is 5.41. The second-order valence-corrected chi connectivity index (χ2v) is 12.2. The molecule has 0 bridgehead atoms. The number of carboxylic acid groups (broad SMARTS) is 2. The lowest BCUT2D eigenvalue weighted by Gasteiger charge is -2.33. The Morgan fingerprint density at radius 3 is 2.04 bits per heavy atom. The average molecular weight is 684 g/mol. The normalized spacial score (nSPS) is 14.6. The summed E-state index contributed by atoms with van der Waals surface area (Å²) in [6.07, 6.45) is -2.00. The molecule has 11 nitrogen and oxygen atoms in total. The molecule has 0 unspecified atom stereocenters. The molecule has 0 atom stereocenters. The monoisotopic (exact) mass is 683 g/mol. The molecule has 0 aliphatic carbocycles. The lowest BCUT2D eigenvalue weighted by atomic mass is 9.84. The van der Waals surface area contributed by atoms with Crippen molar-refractivity contribution in [1.82, 2.24) is 4.90 Å². The van der Waals surface area contributed by atoms with Crippen molar-refractivity contribution in [3.8, 4) is 17.2 Å². The van der Waals surface area contributed by atoms with Gasteiger partial charge in [0.15, 0.2) is 29.7 Å². The third-order valence-corrected chi connectivity index (χ3v) is 7.58. The zero-order valence-electron chi connectivity index (χ0n) is 27.6. The highest BCUT2D eigenvalue weighted by Gasteiger charge is 2.38. The number of piperidine rings is 1. The Morgan fingerprint density at radius 2 is 1.52 bits per heavy atom. The second kappa shape index (κ2) is 15.6. The van der Waals surface area contributed by atoms with E-state index < -0.39 is 36.0 Å². The number of carbonyl (C=O) groups excluding carboxylic acids is 1. The van der Waals surface area contributed by atoms with E-state index in [0.29, 0.717) is 29.2 Å². The van der Waals surface area contributed by atoms with Gasteiger partial charge in [0.05, 0.1) is 31.0 Å². The molecular formula is C33H41F4N3O8. The Bertz CT molecular complexity index is 1530. The standard InChI is InChI=1S/C31H40FN3O6.C2HF3O2/c1-6-39-24-15-20-16-35(30(33)26(20)27(32)29(24)40-7-2)17-23(36)19-13-21(31(3,4)5)28(41-18-25(37)38)22(14-19)34-11-9-8-10-12-34;3-2(4,5)1(6)7/h13-15,33H,6-12,16-18H2,1-5H3,(H,37,38);(H,6,7). The second-order valence-electron chi connectivity index (χ2n) is 12.2. The van der Waals surface area contributed by atoms with Crippen LogP contribution in [0.25, 0.3) is 0 Å². The highest BCUT2D eigenvalue weighted by Crippen LogP contribution is 2.42. The van der Waals surface area contributed by atoms with E-state index in [2.05, 4.69) is 4.90 Å². The van der Waals surface area contributed by atoms with Crippen molar-refractivity contribution in [1.29, 1.82) is 5.41 Å². The Kier molecular flexibility index (Phi) is 12.3. The molecule has 2 heterocycles. The van der Waals surface area contributed by atoms with E-state index in [-0.39, 0.29) is 48.4 Å². The third-order valence-electron chi connectivity index (χ3n) is 7.58. The number of aliphatic carboxylic acids is 2. The number of rotatable bonds is 11. The largest absolute Gasteiger partial charge is 0.490 e. The van der Waals surface area contributed by atoms with Crippen molar-refractivity contribution >= 4 is 29.2 Å². The number of nitrogens with zero attached hydrogens (tertiary/aromatic N) is 2. The molecule has 2 aliphatic heterocycles. The lowest BCUT2D eigenvalue weighted by Crippen LogP contribution is -2.32. The maximum atomic E-state index is 15.5. The number of carboxylic acids is 2. The highest BCUT2D eigenvalue weighted by molar-refractivity contribution is 6.06. The lowest BCUT2D eigenvalue weighted by molar-refractivity contribution is -0.192. The first-order valence-electron chi connectivity index (χ1n) is 15.5. The van der Waals surface area contributed by atoms with E-state index in [1.807, 2.05) is 20.8 Å². The molecule has 2 aromatic carbocycles. The van der Waals surface area contributed by atoms with Crippen molar-refractivity contribution in [2.75, 3.05) is 44.4 Å². The van der Waals surface area contributed by atoms with E-state index in [4.69, 9.17) is 29.5 Å². The van der Waals surface area contributed by atoms with Crippen LogP contribution in [0.2, 0.25) is 0 Å². The number of hydrogen-bond acceptors (Lipinski definition) is 8. The summed E-state index contributed by atoms with van der Waals surface area (Å²) in [5.74, 6) is -4.06. The average Bonchev–Trinajstić information content (AvgIpc) is 3.31. The number of fused-ring (bicyclic) bond motifs is 1. The van der Waals surface area contributed by atoms with Crippen molar-refractivity contribution in [2.45, 2.75) is 72.0 Å². The van der Waals surface area contributed by atoms with Crippen LogP contribution in [0.5, 0.6) is 17.2 Å². The first kappa shape index (κ1) is 37.9. The van der Waals surface area contributed by atoms with Crippen molar-refractivity contribution in [3.63, 3.8) is 0 Å². The first-order valence-corrected chi connectivity index (χ1v) is 15.5. The number of alkyl halides is 3. The van der Waals surface area contributed by atoms with Gasteiger partial charge in [0.25, 0.3) is 0 Å². The number of hydrogen-bond donors (Lipinski definition) is 3. The number of Topliss-reactive ketones (excluding diaryl/α,β-unsaturated/α-hetero) is 1. The fraction of sp³-hybridized carbons (Fsp3) is 0.515. The minimum Gasteiger partial charge on any atom is -0.490 e. The molecule has 4 rings (SSSR count). The van der Waals surface area contributed by atoms with E-state index in [1.165, 1.54) is 0 Å². The Hall–Kier alpha value is -4.56. The molecule has 0 saturated carbocycles. The molecule has 0 aromatic heterocycles. The van der Waals surface area contributed by atoms with Gasteiger partial charge in [0.1, 0.15) is 11.6 Å². The van der Waals surface area contributed by atoms with Crippen LogP contribution in [-0.2, 0) is 21.5 Å². The van der Waals surface area contributed by atoms with Gasteiger partial charge in [-0.1, -0.05) is 20.8 Å². The summed E-state index contributed by atoms with van der Waals surface area (Å²) in [7, 11) is 0. The van der Waals surface area contributed by atoms with Crippen molar-refractivity contribution in [2.24, 2.45) is 0 Å². The Labute approximate surface area is 275 Å². The molecule has 1 saturated heterocycles. The van der Waals surface area contributed by atoms with Gasteiger partial charge in [-0.3, -0.25) is 10.2 Å². The number of ketones is 1. The van der Waals surface area contributed by atoms with Gasteiger partial charge in [-0.15, -0.1) is 0 Å². The zero-order valence-corrected chi connectivity index (χ0v) is 27.6. The molecule has 0 radical (unpaired) electrons. The molecule has 0 amide bonds. The van der Waals surface area contributed by atoms with Crippen LogP contribution in [-0.4, -0.2) is 84.3 Å². The van der Waals surface area contributed by atoms with Gasteiger partial charge in [-0.2, -0.15) is 13.2 Å². The molecule has 2 aliphatic rings. The molecule has 48 heavy (non-hydrogen) atoms. The van der Waals surface area contributed by atoms with Crippen molar-refractivity contribution in [3.05, 3.63) is 46.3 Å². The predicted molar refractivity (Wildman–Crippen MR) is 168 cm³/mol. The van der Waals surface area contributed by atoms with Gasteiger partial charge in [0, 0.05) is 30.8 Å². The summed E-state index contributed by atoms with van der Waals surface area (Å²) in [6, 6.07) is 5.22. The van der Waals surface area contributed by atoms with Gasteiger partial charge in [-0.25, -0.2) is 14.0 Å². The topological polar surface area (TPSA) is 150 Å². The maximum Gasteiger partial charge on any atom is 0.490 e. The summed E-state index contributed by atoms with van der Waals surface area (Å²) in [5.41, 5.74) is 2.11. The number of carbonyl (C=O) groups is 3. The summed E-state index contributed by atoms with van der Waals surface area (Å²) in [6.45, 7) is 11.2. The van der Waals surface area contributed by atoms with Crippen LogP contribution < -0.4 is 19.1 Å². The van der Waals surface area contributed by atoms with E-state index in [0.717, 1.165) is 37.9 Å². The molecule has 15 heteroatoms. The fourth-order valence-electron chi connectivity index (χ4n) is 5.41. The molecular weight excluding hydrogens is 642 g/mol. The number of halogens is 4. The quantitative estimate of drug-likeness (QED) is 0.189. The molecule has 1 fully saturated rings. The van der Waals surface area contributed by atoms with Crippen LogP contribution in [0.4, 0.5) is 23.2 Å². The number of amidine groups is 1. The van der Waals surface area contributed by atoms with Gasteiger partial charge in [-0.05, 0) is 62.3 Å². The van der Waals surface area contributed by atoms with E-state index in [1.54, 1.807) is 36.9 Å². The first-order chi connectivity index (χ1) is 22.4. The van der Waals surface area contributed by atoms with Gasteiger partial charge < -0.3 is 34.2 Å². The van der Waals surface area contributed by atoms with Crippen LogP contribution >= 0.6 is 0 Å². The zero-order chi connectivity index (χ0) is 36.0. The highest BCUT2D eigenvalue weighted by atomic mass is 19.4.